The molecule has 3 heteroatoms. The second kappa shape index (κ2) is 8.14. The maximum atomic E-state index is 6.74. The summed E-state index contributed by atoms with van der Waals surface area (Å²) >= 11 is 8.58. The van der Waals surface area contributed by atoms with E-state index in [4.69, 9.17) is 11.6 Å². The standard InChI is InChI=1S/C37H22ClNS/c38-23-17-19-27-25-9-1-3-11-29(25)37(31(27)21-23)30-12-4-2-10-26(30)28-20-18-24(22-32(28)37)39-33-13-5-7-15-35(33)40-36-16-8-6-14-34(36)39/h1-22H. The first-order valence-electron chi connectivity index (χ1n) is 13.6. The molecule has 1 aliphatic heterocycles. The van der Waals surface area contributed by atoms with E-state index in [0.29, 0.717) is 0 Å². The van der Waals surface area contributed by atoms with E-state index in [2.05, 4.69) is 132 Å². The number of nitrogens with zero attached hydrogens (tertiary/aromatic N) is 1. The van der Waals surface area contributed by atoms with Gasteiger partial charge in [0.15, 0.2) is 0 Å². The summed E-state index contributed by atoms with van der Waals surface area (Å²) in [5.74, 6) is 0. The van der Waals surface area contributed by atoms with Crippen LogP contribution in [0.5, 0.6) is 0 Å². The summed E-state index contributed by atoms with van der Waals surface area (Å²) in [4.78, 5) is 4.96. The van der Waals surface area contributed by atoms with Gasteiger partial charge in [-0.15, -0.1) is 0 Å². The van der Waals surface area contributed by atoms with E-state index in [1.165, 1.54) is 71.4 Å². The first kappa shape index (κ1) is 22.6. The minimum atomic E-state index is -0.428. The van der Waals surface area contributed by atoms with Gasteiger partial charge in [0.1, 0.15) is 0 Å². The van der Waals surface area contributed by atoms with E-state index in [0.717, 1.165) is 5.02 Å². The highest BCUT2D eigenvalue weighted by Gasteiger charge is 2.51. The lowest BCUT2D eigenvalue weighted by Crippen LogP contribution is -2.26. The largest absolute Gasteiger partial charge is 0.308 e. The molecule has 6 aromatic carbocycles. The number of halogens is 1. The van der Waals surface area contributed by atoms with E-state index in [1.807, 2.05) is 17.8 Å². The molecule has 0 N–H and O–H groups in total. The normalized spacial score (nSPS) is 17.1. The van der Waals surface area contributed by atoms with E-state index < -0.39 is 5.41 Å². The van der Waals surface area contributed by atoms with Crippen LogP contribution in [0, 0.1) is 0 Å². The lowest BCUT2D eigenvalue weighted by molar-refractivity contribution is 0.793. The zero-order valence-electron chi connectivity index (χ0n) is 21.4. The third-order valence-electron chi connectivity index (χ3n) is 8.73. The Hall–Kier alpha value is -4.24. The minimum absolute atomic E-state index is 0.428. The van der Waals surface area contributed by atoms with Crippen LogP contribution in [-0.2, 0) is 5.41 Å². The van der Waals surface area contributed by atoms with Crippen molar-refractivity contribution in [2.45, 2.75) is 15.2 Å². The Bertz CT molecular complexity index is 1970. The fourth-order valence-electron chi connectivity index (χ4n) is 7.22. The van der Waals surface area contributed by atoms with Crippen molar-refractivity contribution >= 4 is 40.4 Å². The molecule has 9 rings (SSSR count). The Morgan fingerprint density at radius 3 is 1.62 bits per heavy atom. The first-order valence-corrected chi connectivity index (χ1v) is 14.7. The third kappa shape index (κ3) is 2.80. The molecule has 3 aliphatic rings. The van der Waals surface area contributed by atoms with Gasteiger partial charge in [-0.3, -0.25) is 0 Å². The molecule has 2 aliphatic carbocycles. The molecule has 1 nitrogen and oxygen atoms in total. The van der Waals surface area contributed by atoms with E-state index >= 15 is 0 Å². The summed E-state index contributed by atoms with van der Waals surface area (Å²) in [6, 6.07) is 48.7. The Kier molecular flexibility index (Phi) is 4.59. The molecule has 0 fully saturated rings. The van der Waals surface area contributed by atoms with Gasteiger partial charge >= 0.3 is 0 Å². The highest BCUT2D eigenvalue weighted by molar-refractivity contribution is 7.99. The Morgan fingerprint density at radius 2 is 0.975 bits per heavy atom. The van der Waals surface area contributed by atoms with Crippen LogP contribution in [0.1, 0.15) is 22.3 Å². The van der Waals surface area contributed by atoms with Crippen LogP contribution in [0.2, 0.25) is 5.02 Å². The SMILES string of the molecule is Clc1ccc2c(c1)C1(c3ccccc3-2)c2ccccc2-c2ccc(N3c4ccccc4Sc4ccccc43)cc21. The van der Waals surface area contributed by atoms with Crippen LogP contribution >= 0.6 is 23.4 Å². The molecular formula is C37H22ClNS. The van der Waals surface area contributed by atoms with Gasteiger partial charge in [0.2, 0.25) is 0 Å². The molecule has 188 valence electrons. The first-order chi connectivity index (χ1) is 19.7. The highest BCUT2D eigenvalue weighted by Crippen LogP contribution is 2.64. The van der Waals surface area contributed by atoms with Crippen molar-refractivity contribution in [2.75, 3.05) is 4.90 Å². The van der Waals surface area contributed by atoms with Crippen LogP contribution in [-0.4, -0.2) is 0 Å². The molecule has 0 radical (unpaired) electrons. The number of rotatable bonds is 1. The molecular weight excluding hydrogens is 526 g/mol. The highest BCUT2D eigenvalue weighted by atomic mass is 35.5. The van der Waals surface area contributed by atoms with Crippen molar-refractivity contribution in [3.05, 3.63) is 161 Å². The van der Waals surface area contributed by atoms with Crippen molar-refractivity contribution < 1.29 is 0 Å². The topological polar surface area (TPSA) is 3.24 Å². The summed E-state index contributed by atoms with van der Waals surface area (Å²) in [6.45, 7) is 0. The fraction of sp³-hybridized carbons (Fsp3) is 0.0270. The molecule has 0 bridgehead atoms. The van der Waals surface area contributed by atoms with Crippen molar-refractivity contribution in [3.63, 3.8) is 0 Å². The zero-order chi connectivity index (χ0) is 26.4. The predicted octanol–water partition coefficient (Wildman–Crippen LogP) is 10.6. The molecule has 1 atom stereocenters. The molecule has 1 unspecified atom stereocenters. The van der Waals surface area contributed by atoms with Gasteiger partial charge in [-0.1, -0.05) is 108 Å². The van der Waals surface area contributed by atoms with E-state index in [1.54, 1.807) is 0 Å². The van der Waals surface area contributed by atoms with Gasteiger partial charge in [-0.05, 0) is 93.0 Å². The fourth-order valence-corrected chi connectivity index (χ4v) is 8.45. The van der Waals surface area contributed by atoms with Crippen molar-refractivity contribution in [1.82, 2.24) is 0 Å². The Morgan fingerprint density at radius 1 is 0.475 bits per heavy atom. The monoisotopic (exact) mass is 547 g/mol. The maximum Gasteiger partial charge on any atom is 0.0726 e. The summed E-state index contributed by atoms with van der Waals surface area (Å²) in [6.07, 6.45) is 0. The lowest BCUT2D eigenvalue weighted by Gasteiger charge is -2.35. The predicted molar refractivity (Wildman–Crippen MR) is 167 cm³/mol. The van der Waals surface area contributed by atoms with Gasteiger partial charge < -0.3 is 4.90 Å². The van der Waals surface area contributed by atoms with Crippen molar-refractivity contribution in [3.8, 4) is 22.3 Å². The van der Waals surface area contributed by atoms with Crippen molar-refractivity contribution in [2.24, 2.45) is 0 Å². The molecule has 0 aromatic heterocycles. The average molecular weight is 548 g/mol. The molecule has 0 saturated carbocycles. The summed E-state index contributed by atoms with van der Waals surface area (Å²) in [7, 11) is 0. The summed E-state index contributed by atoms with van der Waals surface area (Å²) < 4.78 is 0. The Labute approximate surface area is 242 Å². The van der Waals surface area contributed by atoms with Crippen LogP contribution in [0.4, 0.5) is 17.1 Å². The van der Waals surface area contributed by atoms with Gasteiger partial charge in [0.05, 0.1) is 16.8 Å². The number of hydrogen-bond acceptors (Lipinski definition) is 2. The van der Waals surface area contributed by atoms with Crippen LogP contribution in [0.15, 0.2) is 143 Å². The summed E-state index contributed by atoms with van der Waals surface area (Å²) in [5, 5.41) is 0.768. The molecule has 40 heavy (non-hydrogen) atoms. The molecule has 6 aromatic rings. The van der Waals surface area contributed by atoms with Crippen molar-refractivity contribution in [1.29, 1.82) is 0 Å². The Balaban J connectivity index is 1.38. The lowest BCUT2D eigenvalue weighted by atomic mass is 9.70. The van der Waals surface area contributed by atoms with E-state index in [-0.39, 0.29) is 0 Å². The number of anilines is 3. The number of para-hydroxylation sites is 2. The molecule has 0 amide bonds. The van der Waals surface area contributed by atoms with Crippen LogP contribution in [0.25, 0.3) is 22.3 Å². The van der Waals surface area contributed by atoms with Crippen LogP contribution < -0.4 is 4.90 Å². The van der Waals surface area contributed by atoms with Gasteiger partial charge in [0, 0.05) is 20.5 Å². The second-order valence-corrected chi connectivity index (χ2v) is 12.2. The quantitative estimate of drug-likeness (QED) is 0.201. The minimum Gasteiger partial charge on any atom is -0.308 e. The second-order valence-electron chi connectivity index (χ2n) is 10.6. The zero-order valence-corrected chi connectivity index (χ0v) is 23.0. The molecule has 0 saturated heterocycles. The average Bonchev–Trinajstić information content (AvgIpc) is 3.46. The number of benzene rings is 6. The maximum absolute atomic E-state index is 6.74. The molecule has 1 spiro atoms. The summed E-state index contributed by atoms with van der Waals surface area (Å²) in [5.41, 5.74) is 13.5. The van der Waals surface area contributed by atoms with Gasteiger partial charge in [-0.25, -0.2) is 0 Å². The number of hydrogen-bond donors (Lipinski definition) is 0. The third-order valence-corrected chi connectivity index (χ3v) is 10.1. The smallest absolute Gasteiger partial charge is 0.0726 e. The number of fused-ring (bicyclic) bond motifs is 12. The molecule has 1 heterocycles. The van der Waals surface area contributed by atoms with Gasteiger partial charge in [-0.2, -0.15) is 0 Å². The van der Waals surface area contributed by atoms with Crippen LogP contribution in [0.3, 0.4) is 0 Å². The van der Waals surface area contributed by atoms with E-state index in [9.17, 15) is 0 Å². The van der Waals surface area contributed by atoms with Gasteiger partial charge in [0.25, 0.3) is 0 Å².